The minimum Gasteiger partial charge on any atom is -0.348 e. The van der Waals surface area contributed by atoms with Crippen LogP contribution < -0.4 is 5.73 Å². The Kier molecular flexibility index (Phi) is 2.22. The van der Waals surface area contributed by atoms with Crippen molar-refractivity contribution < 1.29 is 0 Å². The fourth-order valence-electron chi connectivity index (χ4n) is 3.71. The molecule has 1 aliphatic rings. The molecule has 0 spiro atoms. The second-order valence-electron chi connectivity index (χ2n) is 6.38. The number of benzene rings is 1. The van der Waals surface area contributed by atoms with Crippen LogP contribution in [0.15, 0.2) is 24.3 Å². The zero-order chi connectivity index (χ0) is 13.1. The van der Waals surface area contributed by atoms with Crippen molar-refractivity contribution in [2.75, 3.05) is 6.54 Å². The number of hydrogen-bond acceptors (Lipinski definition) is 1. The van der Waals surface area contributed by atoms with Crippen molar-refractivity contribution in [3.63, 3.8) is 0 Å². The molecule has 1 aromatic carbocycles. The molecule has 18 heavy (non-hydrogen) atoms. The Bertz CT molecular complexity index is 621. The van der Waals surface area contributed by atoms with Crippen LogP contribution in [0.2, 0.25) is 0 Å². The molecule has 2 nitrogen and oxygen atoms in total. The summed E-state index contributed by atoms with van der Waals surface area (Å²) in [5, 5.41) is 1.38. The highest BCUT2D eigenvalue weighted by Crippen LogP contribution is 2.65. The third-order valence-electron chi connectivity index (χ3n) is 5.14. The minimum atomic E-state index is 0.179. The lowest BCUT2D eigenvalue weighted by atomic mass is 9.86. The average molecular weight is 242 g/mol. The summed E-state index contributed by atoms with van der Waals surface area (Å²) in [7, 11) is 2.15. The van der Waals surface area contributed by atoms with Gasteiger partial charge in [-0.25, -0.2) is 0 Å². The zero-order valence-electron chi connectivity index (χ0n) is 11.7. The fraction of sp³-hybridized carbons (Fsp3) is 0.500. The van der Waals surface area contributed by atoms with Crippen molar-refractivity contribution in [2.45, 2.75) is 32.6 Å². The molecule has 0 saturated heterocycles. The van der Waals surface area contributed by atoms with E-state index >= 15 is 0 Å². The first-order chi connectivity index (χ1) is 8.44. The van der Waals surface area contributed by atoms with E-state index in [-0.39, 0.29) is 5.41 Å². The molecule has 1 saturated carbocycles. The number of nitrogens with two attached hydrogens (primary N) is 1. The summed E-state index contributed by atoms with van der Waals surface area (Å²) < 4.78 is 2.30. The topological polar surface area (TPSA) is 30.9 Å². The van der Waals surface area contributed by atoms with Gasteiger partial charge in [-0.1, -0.05) is 32.0 Å². The highest BCUT2D eigenvalue weighted by Gasteiger charge is 2.62. The van der Waals surface area contributed by atoms with Crippen molar-refractivity contribution >= 4 is 10.9 Å². The molecule has 2 N–H and O–H groups in total. The third kappa shape index (κ3) is 1.22. The molecular formula is C16H22N2. The van der Waals surface area contributed by atoms with Gasteiger partial charge in [-0.2, -0.15) is 0 Å². The van der Waals surface area contributed by atoms with Crippen molar-refractivity contribution in [3.05, 3.63) is 35.5 Å². The highest BCUT2D eigenvalue weighted by atomic mass is 15.0. The molecule has 1 atom stereocenters. The van der Waals surface area contributed by atoms with Gasteiger partial charge in [-0.15, -0.1) is 0 Å². The van der Waals surface area contributed by atoms with E-state index in [0.717, 1.165) is 6.54 Å². The zero-order valence-corrected chi connectivity index (χ0v) is 11.7. The van der Waals surface area contributed by atoms with E-state index in [0.29, 0.717) is 5.41 Å². The van der Waals surface area contributed by atoms with E-state index in [1.54, 1.807) is 0 Å². The molecule has 1 aliphatic carbocycles. The van der Waals surface area contributed by atoms with E-state index in [1.165, 1.54) is 28.6 Å². The molecule has 2 aromatic rings. The molecule has 96 valence electrons. The van der Waals surface area contributed by atoms with E-state index in [1.807, 2.05) is 0 Å². The summed E-state index contributed by atoms with van der Waals surface area (Å²) in [6, 6.07) is 8.68. The average Bonchev–Trinajstić information content (AvgIpc) is 2.82. The van der Waals surface area contributed by atoms with Crippen molar-refractivity contribution in [3.8, 4) is 0 Å². The Labute approximate surface area is 109 Å². The van der Waals surface area contributed by atoms with Crippen LogP contribution in [0.25, 0.3) is 10.9 Å². The number of fused-ring (bicyclic) bond motifs is 1. The van der Waals surface area contributed by atoms with Gasteiger partial charge in [0.05, 0.1) is 0 Å². The van der Waals surface area contributed by atoms with Crippen LogP contribution in [0, 0.1) is 12.3 Å². The second-order valence-corrected chi connectivity index (χ2v) is 6.38. The molecule has 0 amide bonds. The summed E-state index contributed by atoms with van der Waals surface area (Å²) in [6.07, 6.45) is 1.20. The molecule has 3 rings (SSSR count). The Hall–Kier alpha value is -1.28. The van der Waals surface area contributed by atoms with Gasteiger partial charge in [0.15, 0.2) is 0 Å². The van der Waals surface area contributed by atoms with E-state index in [4.69, 9.17) is 5.73 Å². The fourth-order valence-corrected chi connectivity index (χ4v) is 3.71. The smallest absolute Gasteiger partial charge is 0.0482 e. The number of aromatic nitrogens is 1. The number of rotatable bonds is 2. The first kappa shape index (κ1) is 11.8. The predicted molar refractivity (Wildman–Crippen MR) is 76.8 cm³/mol. The lowest BCUT2D eigenvalue weighted by Crippen LogP contribution is -2.26. The van der Waals surface area contributed by atoms with Crippen molar-refractivity contribution in [2.24, 2.45) is 18.2 Å². The monoisotopic (exact) mass is 242 g/mol. The molecule has 0 bridgehead atoms. The summed E-state index contributed by atoms with van der Waals surface area (Å²) in [4.78, 5) is 0. The summed E-state index contributed by atoms with van der Waals surface area (Å²) in [5.74, 6) is 0. The Morgan fingerprint density at radius 1 is 1.28 bits per heavy atom. The molecule has 1 aromatic heterocycles. The number of hydrogen-bond donors (Lipinski definition) is 1. The first-order valence-corrected chi connectivity index (χ1v) is 6.69. The first-order valence-electron chi connectivity index (χ1n) is 6.69. The van der Waals surface area contributed by atoms with Crippen LogP contribution in [-0.2, 0) is 12.5 Å². The Balaban J connectivity index is 2.34. The van der Waals surface area contributed by atoms with Crippen molar-refractivity contribution in [1.82, 2.24) is 4.57 Å². The lowest BCUT2D eigenvalue weighted by molar-refractivity contribution is 0.502. The highest BCUT2D eigenvalue weighted by molar-refractivity contribution is 5.87. The quantitative estimate of drug-likeness (QED) is 0.862. The van der Waals surface area contributed by atoms with Crippen LogP contribution in [0.3, 0.4) is 0 Å². The van der Waals surface area contributed by atoms with Gasteiger partial charge in [0.2, 0.25) is 0 Å². The summed E-state index contributed by atoms with van der Waals surface area (Å²) >= 11 is 0. The number of para-hydroxylation sites is 1. The standard InChI is InChI=1S/C16H22N2/c1-11-14(16(10-17)9-15(16,2)3)12-7-5-6-8-13(12)18(11)4/h5-8H,9-10,17H2,1-4H3. The van der Waals surface area contributed by atoms with Gasteiger partial charge < -0.3 is 10.3 Å². The Morgan fingerprint density at radius 3 is 2.44 bits per heavy atom. The SMILES string of the molecule is Cc1c(C2(CN)CC2(C)C)c2ccccc2n1C. The predicted octanol–water partition coefficient (Wildman–Crippen LogP) is 3.11. The van der Waals surface area contributed by atoms with E-state index in [9.17, 15) is 0 Å². The maximum absolute atomic E-state index is 6.14. The normalized spacial score (nSPS) is 25.6. The molecule has 0 radical (unpaired) electrons. The van der Waals surface area contributed by atoms with E-state index < -0.39 is 0 Å². The van der Waals surface area contributed by atoms with Gasteiger partial charge in [0.25, 0.3) is 0 Å². The van der Waals surface area contributed by atoms with Gasteiger partial charge in [-0.05, 0) is 30.4 Å². The largest absolute Gasteiger partial charge is 0.348 e. The van der Waals surface area contributed by atoms with Crippen LogP contribution in [0.1, 0.15) is 31.5 Å². The van der Waals surface area contributed by atoms with Crippen molar-refractivity contribution in [1.29, 1.82) is 0 Å². The molecule has 2 heteroatoms. The molecular weight excluding hydrogens is 220 g/mol. The second kappa shape index (κ2) is 3.39. The maximum Gasteiger partial charge on any atom is 0.0482 e. The molecule has 1 fully saturated rings. The summed E-state index contributed by atoms with van der Waals surface area (Å²) in [6.45, 7) is 7.64. The lowest BCUT2D eigenvalue weighted by Gasteiger charge is -2.19. The number of nitrogens with zero attached hydrogens (tertiary/aromatic N) is 1. The van der Waals surface area contributed by atoms with Crippen LogP contribution >= 0.6 is 0 Å². The molecule has 1 unspecified atom stereocenters. The van der Waals surface area contributed by atoms with Crippen LogP contribution in [0.4, 0.5) is 0 Å². The Morgan fingerprint density at radius 2 is 1.89 bits per heavy atom. The van der Waals surface area contributed by atoms with E-state index in [2.05, 4.69) is 56.7 Å². The molecule has 1 heterocycles. The van der Waals surface area contributed by atoms with Gasteiger partial charge in [0.1, 0.15) is 0 Å². The van der Waals surface area contributed by atoms with Crippen LogP contribution in [-0.4, -0.2) is 11.1 Å². The summed E-state index contributed by atoms with van der Waals surface area (Å²) in [5.41, 5.74) is 10.8. The van der Waals surface area contributed by atoms with Gasteiger partial charge in [0, 0.05) is 35.6 Å². The third-order valence-corrected chi connectivity index (χ3v) is 5.14. The maximum atomic E-state index is 6.14. The van der Waals surface area contributed by atoms with Gasteiger partial charge in [-0.3, -0.25) is 0 Å². The van der Waals surface area contributed by atoms with Gasteiger partial charge >= 0.3 is 0 Å². The number of aryl methyl sites for hydroxylation is 1. The van der Waals surface area contributed by atoms with Crippen LogP contribution in [0.5, 0.6) is 0 Å². The molecule has 0 aliphatic heterocycles. The minimum absolute atomic E-state index is 0.179.